The van der Waals surface area contributed by atoms with Crippen LogP contribution in [0.5, 0.6) is 0 Å². The van der Waals surface area contributed by atoms with Gasteiger partial charge < -0.3 is 5.32 Å². The van der Waals surface area contributed by atoms with Crippen LogP contribution in [0.25, 0.3) is 0 Å². The molecule has 5 heteroatoms. The summed E-state index contributed by atoms with van der Waals surface area (Å²) in [4.78, 5) is 11.8. The zero-order valence-corrected chi connectivity index (χ0v) is 16.1. The van der Waals surface area contributed by atoms with E-state index in [-0.39, 0.29) is 5.91 Å². The molecule has 0 spiro atoms. The normalized spacial score (nSPS) is 10.6. The highest BCUT2D eigenvalue weighted by Gasteiger charge is 2.03. The molecule has 2 nitrogen and oxygen atoms in total. The van der Waals surface area contributed by atoms with E-state index in [1.807, 2.05) is 30.3 Å². The third-order valence-corrected chi connectivity index (χ3v) is 5.73. The summed E-state index contributed by atoms with van der Waals surface area (Å²) in [6.07, 6.45) is 0. The molecule has 2 aromatic carbocycles. The number of thioether (sulfide) groups is 2. The fourth-order valence-electron chi connectivity index (χ4n) is 2.16. The summed E-state index contributed by atoms with van der Waals surface area (Å²) < 4.78 is 0. The number of hydrogen-bond donors (Lipinski definition) is 1. The van der Waals surface area contributed by atoms with Crippen LogP contribution < -0.4 is 5.32 Å². The molecule has 1 N–H and O–H groups in total. The van der Waals surface area contributed by atoms with Crippen molar-refractivity contribution in [3.63, 3.8) is 0 Å². The van der Waals surface area contributed by atoms with E-state index in [1.54, 1.807) is 23.5 Å². The number of benzene rings is 2. The summed E-state index contributed by atoms with van der Waals surface area (Å²) in [5.74, 6) is 3.31. The number of aryl methyl sites for hydroxylation is 1. The van der Waals surface area contributed by atoms with Crippen LogP contribution in [0.4, 0.5) is 0 Å². The van der Waals surface area contributed by atoms with Gasteiger partial charge in [0.1, 0.15) is 0 Å². The summed E-state index contributed by atoms with van der Waals surface area (Å²) in [6.45, 7) is 2.81. The molecule has 0 aromatic heterocycles. The minimum absolute atomic E-state index is 0.108. The minimum atomic E-state index is 0.108. The van der Waals surface area contributed by atoms with Gasteiger partial charge in [-0.25, -0.2) is 0 Å². The first-order valence-electron chi connectivity index (χ1n) is 7.86. The van der Waals surface area contributed by atoms with Crippen LogP contribution in [-0.2, 0) is 16.3 Å². The highest BCUT2D eigenvalue weighted by molar-refractivity contribution is 7.99. The van der Waals surface area contributed by atoms with E-state index in [4.69, 9.17) is 11.6 Å². The van der Waals surface area contributed by atoms with E-state index in [1.165, 1.54) is 16.7 Å². The van der Waals surface area contributed by atoms with Gasteiger partial charge in [0.15, 0.2) is 0 Å². The number of rotatable bonds is 9. The Hall–Kier alpha value is -1.10. The monoisotopic (exact) mass is 379 g/mol. The number of amides is 1. The van der Waals surface area contributed by atoms with Crippen molar-refractivity contribution < 1.29 is 4.79 Å². The molecule has 0 bridgehead atoms. The summed E-state index contributed by atoms with van der Waals surface area (Å²) >= 11 is 9.42. The standard InChI is InChI=1S/C19H22ClNOS2/c1-15-5-2-3-7-17(15)13-24-14-19(22)21-9-10-23-12-16-6-4-8-18(20)11-16/h2-8,11H,9-10,12-14H2,1H3,(H,21,22). The third-order valence-electron chi connectivity index (χ3n) is 3.48. The summed E-state index contributed by atoms with van der Waals surface area (Å²) in [5.41, 5.74) is 3.79. The lowest BCUT2D eigenvalue weighted by molar-refractivity contribution is -0.118. The fourth-order valence-corrected chi connectivity index (χ4v) is 4.11. The van der Waals surface area contributed by atoms with Crippen molar-refractivity contribution in [2.75, 3.05) is 18.1 Å². The van der Waals surface area contributed by atoms with Crippen molar-refractivity contribution in [2.45, 2.75) is 18.4 Å². The number of halogens is 1. The molecule has 0 atom stereocenters. The molecular weight excluding hydrogens is 358 g/mol. The summed E-state index contributed by atoms with van der Waals surface area (Å²) in [6, 6.07) is 16.2. The molecule has 1 amide bonds. The maximum Gasteiger partial charge on any atom is 0.230 e. The zero-order valence-electron chi connectivity index (χ0n) is 13.8. The second-order valence-corrected chi connectivity index (χ2v) is 7.98. The SMILES string of the molecule is Cc1ccccc1CSCC(=O)NCCSCc1cccc(Cl)c1. The first-order chi connectivity index (χ1) is 11.6. The zero-order chi connectivity index (χ0) is 17.2. The smallest absolute Gasteiger partial charge is 0.230 e. The predicted molar refractivity (Wildman–Crippen MR) is 108 cm³/mol. The minimum Gasteiger partial charge on any atom is -0.355 e. The molecule has 2 aromatic rings. The molecule has 0 saturated carbocycles. The van der Waals surface area contributed by atoms with Gasteiger partial charge in [-0.05, 0) is 35.7 Å². The largest absolute Gasteiger partial charge is 0.355 e. The lowest BCUT2D eigenvalue weighted by atomic mass is 10.1. The number of carbonyl (C=O) groups is 1. The number of hydrogen-bond acceptors (Lipinski definition) is 3. The van der Waals surface area contributed by atoms with Gasteiger partial charge in [0.05, 0.1) is 5.75 Å². The van der Waals surface area contributed by atoms with Crippen molar-refractivity contribution in [2.24, 2.45) is 0 Å². The Bertz CT molecular complexity index is 663. The average Bonchev–Trinajstić information content (AvgIpc) is 2.56. The highest BCUT2D eigenvalue weighted by Crippen LogP contribution is 2.17. The molecule has 0 unspecified atom stereocenters. The van der Waals surface area contributed by atoms with Gasteiger partial charge in [0.2, 0.25) is 5.91 Å². The van der Waals surface area contributed by atoms with Crippen LogP contribution in [-0.4, -0.2) is 24.0 Å². The first-order valence-corrected chi connectivity index (χ1v) is 10.5. The van der Waals surface area contributed by atoms with Gasteiger partial charge in [-0.15, -0.1) is 11.8 Å². The Kier molecular flexibility index (Phi) is 8.57. The van der Waals surface area contributed by atoms with Crippen molar-refractivity contribution in [1.29, 1.82) is 0 Å². The van der Waals surface area contributed by atoms with E-state index < -0.39 is 0 Å². The van der Waals surface area contributed by atoms with Crippen LogP contribution >= 0.6 is 35.1 Å². The van der Waals surface area contributed by atoms with Crippen LogP contribution in [0, 0.1) is 6.92 Å². The molecule has 0 aliphatic rings. The van der Waals surface area contributed by atoms with Gasteiger partial charge >= 0.3 is 0 Å². The Morgan fingerprint density at radius 1 is 1.08 bits per heavy atom. The molecule has 2 rings (SSSR count). The van der Waals surface area contributed by atoms with Crippen molar-refractivity contribution >= 4 is 41.0 Å². The van der Waals surface area contributed by atoms with E-state index in [0.717, 1.165) is 22.3 Å². The highest BCUT2D eigenvalue weighted by atomic mass is 35.5. The quantitative estimate of drug-likeness (QED) is 0.626. The molecule has 0 radical (unpaired) electrons. The first kappa shape index (κ1) is 19.2. The van der Waals surface area contributed by atoms with Gasteiger partial charge in [-0.2, -0.15) is 11.8 Å². The van der Waals surface area contributed by atoms with Gasteiger partial charge in [0.25, 0.3) is 0 Å². The predicted octanol–water partition coefficient (Wildman–Crippen LogP) is 4.93. The maximum absolute atomic E-state index is 11.8. The third kappa shape index (κ3) is 7.20. The molecule has 0 aliphatic heterocycles. The van der Waals surface area contributed by atoms with Gasteiger partial charge in [-0.1, -0.05) is 48.0 Å². The summed E-state index contributed by atoms with van der Waals surface area (Å²) in [7, 11) is 0. The van der Waals surface area contributed by atoms with Crippen LogP contribution in [0.3, 0.4) is 0 Å². The molecule has 0 heterocycles. The lowest BCUT2D eigenvalue weighted by Gasteiger charge is -2.07. The van der Waals surface area contributed by atoms with Crippen LogP contribution in [0.2, 0.25) is 5.02 Å². The number of nitrogens with one attached hydrogen (secondary N) is 1. The average molecular weight is 380 g/mol. The van der Waals surface area contributed by atoms with Crippen LogP contribution in [0.15, 0.2) is 48.5 Å². The molecule has 0 aliphatic carbocycles. The maximum atomic E-state index is 11.8. The lowest BCUT2D eigenvalue weighted by Crippen LogP contribution is -2.27. The van der Waals surface area contributed by atoms with Gasteiger partial charge in [-0.3, -0.25) is 4.79 Å². The Morgan fingerprint density at radius 2 is 1.92 bits per heavy atom. The Morgan fingerprint density at radius 3 is 2.71 bits per heavy atom. The van der Waals surface area contributed by atoms with Gasteiger partial charge in [0, 0.05) is 28.8 Å². The van der Waals surface area contributed by atoms with E-state index in [9.17, 15) is 4.79 Å². The topological polar surface area (TPSA) is 29.1 Å². The molecule has 0 saturated heterocycles. The van der Waals surface area contributed by atoms with Crippen molar-refractivity contribution in [1.82, 2.24) is 5.32 Å². The van der Waals surface area contributed by atoms with E-state index in [2.05, 4.69) is 30.4 Å². The molecule has 0 fully saturated rings. The fraction of sp³-hybridized carbons (Fsp3) is 0.316. The van der Waals surface area contributed by atoms with E-state index in [0.29, 0.717) is 12.3 Å². The molecular formula is C19H22ClNOS2. The Labute approximate surface area is 157 Å². The summed E-state index contributed by atoms with van der Waals surface area (Å²) in [5, 5.41) is 3.74. The number of carbonyl (C=O) groups excluding carboxylic acids is 1. The Balaban J connectivity index is 1.54. The molecule has 128 valence electrons. The molecule has 24 heavy (non-hydrogen) atoms. The van der Waals surface area contributed by atoms with Crippen LogP contribution in [0.1, 0.15) is 16.7 Å². The van der Waals surface area contributed by atoms with Crippen molar-refractivity contribution in [3.05, 3.63) is 70.2 Å². The van der Waals surface area contributed by atoms with E-state index >= 15 is 0 Å². The second-order valence-electron chi connectivity index (χ2n) is 5.45. The second kappa shape index (κ2) is 10.7. The van der Waals surface area contributed by atoms with Crippen molar-refractivity contribution in [3.8, 4) is 0 Å².